The van der Waals surface area contributed by atoms with Crippen molar-refractivity contribution in [2.45, 2.75) is 111 Å². The van der Waals surface area contributed by atoms with Crippen LogP contribution in [0.5, 0.6) is 0 Å². The van der Waals surface area contributed by atoms with Crippen molar-refractivity contribution < 1.29 is 16.9 Å². The van der Waals surface area contributed by atoms with Crippen LogP contribution in [-0.4, -0.2) is 30.7 Å². The Morgan fingerprint density at radius 2 is 0.739 bits per heavy atom. The first-order chi connectivity index (χ1) is 10.7. The zero-order valence-electron chi connectivity index (χ0n) is 16.8. The third-order valence-corrected chi connectivity index (χ3v) is 5.16. The summed E-state index contributed by atoms with van der Waals surface area (Å²) in [7, 11) is 0. The quantitative estimate of drug-likeness (QED) is 0.276. The second-order valence-electron chi connectivity index (χ2n) is 7.42. The predicted octanol–water partition coefficient (Wildman–Crippen LogP) is 3.96. The van der Waals surface area contributed by atoms with Gasteiger partial charge in [-0.2, -0.15) is 0 Å². The highest BCUT2D eigenvalue weighted by Gasteiger charge is 2.24. The third-order valence-electron chi connectivity index (χ3n) is 5.16. The monoisotopic (exact) mass is 347 g/mol. The minimum Gasteiger partial charge on any atom is -1.00 e. The van der Waals surface area contributed by atoms with Crippen molar-refractivity contribution in [3.63, 3.8) is 0 Å². The van der Waals surface area contributed by atoms with Crippen LogP contribution in [0.15, 0.2) is 0 Å². The Balaban J connectivity index is 0. The van der Waals surface area contributed by atoms with Crippen LogP contribution in [0.25, 0.3) is 0 Å². The zero-order chi connectivity index (χ0) is 16.5. The molecule has 0 saturated carbocycles. The van der Waals surface area contributed by atoms with Gasteiger partial charge in [-0.1, -0.05) is 66.2 Å². The van der Waals surface area contributed by atoms with Crippen LogP contribution >= 0.6 is 0 Å². The van der Waals surface area contributed by atoms with Gasteiger partial charge in [0.05, 0.1) is 26.2 Å². The topological polar surface area (TPSA) is 0 Å². The fourth-order valence-corrected chi connectivity index (χ4v) is 3.77. The molecule has 0 fully saturated rings. The first-order valence-electron chi connectivity index (χ1n) is 10.6. The smallest absolute Gasteiger partial charge is 0.0786 e. The number of hydrogen-bond donors (Lipinski definition) is 0. The highest BCUT2D eigenvalue weighted by atomic mass is 35.5. The fraction of sp³-hybridized carbons (Fsp3) is 1.00. The third kappa shape index (κ3) is 14.3. The molecular weight excluding hydrogens is 302 g/mol. The number of nitrogens with zero attached hydrogens (tertiary/aromatic N) is 1. The summed E-state index contributed by atoms with van der Waals surface area (Å²) in [4.78, 5) is 0. The number of rotatable bonds is 17. The molecule has 1 nitrogen and oxygen atoms in total. The van der Waals surface area contributed by atoms with Crippen molar-refractivity contribution in [3.8, 4) is 0 Å². The van der Waals surface area contributed by atoms with Gasteiger partial charge < -0.3 is 16.9 Å². The van der Waals surface area contributed by atoms with Gasteiger partial charge in [0.2, 0.25) is 0 Å². The van der Waals surface area contributed by atoms with Crippen LogP contribution in [0.4, 0.5) is 0 Å². The van der Waals surface area contributed by atoms with Gasteiger partial charge in [-0.25, -0.2) is 0 Å². The molecule has 0 amide bonds. The molecule has 0 heterocycles. The van der Waals surface area contributed by atoms with E-state index in [1.807, 2.05) is 0 Å². The molecule has 142 valence electrons. The fourth-order valence-electron chi connectivity index (χ4n) is 3.77. The molecule has 0 N–H and O–H groups in total. The predicted molar refractivity (Wildman–Crippen MR) is 102 cm³/mol. The lowest BCUT2D eigenvalue weighted by Crippen LogP contribution is -3.00. The molecule has 0 saturated heterocycles. The van der Waals surface area contributed by atoms with Gasteiger partial charge >= 0.3 is 0 Å². The molecule has 0 aliphatic heterocycles. The van der Waals surface area contributed by atoms with Crippen molar-refractivity contribution in [2.24, 2.45) is 0 Å². The Labute approximate surface area is 154 Å². The van der Waals surface area contributed by atoms with Crippen molar-refractivity contribution in [3.05, 3.63) is 0 Å². The van der Waals surface area contributed by atoms with E-state index in [4.69, 9.17) is 0 Å². The molecule has 0 aromatic heterocycles. The maximum atomic E-state index is 2.39. The summed E-state index contributed by atoms with van der Waals surface area (Å²) < 4.78 is 1.44. The Kier molecular flexibility index (Phi) is 20.6. The SMILES string of the molecule is CCCCCC[N+](CCC)(CCCCCC)CCCCCC.[Cl-]. The van der Waals surface area contributed by atoms with E-state index in [-0.39, 0.29) is 12.4 Å². The molecular formula is C21H46ClN. The van der Waals surface area contributed by atoms with E-state index in [0.717, 1.165) is 0 Å². The molecule has 0 bridgehead atoms. The molecule has 0 rings (SSSR count). The standard InChI is InChI=1S/C21H46N.ClH/c1-5-9-12-15-19-22(18-8-4,20-16-13-10-6-2)21-17-14-11-7-3;/h5-21H2,1-4H3;1H/q+1;/p-1. The molecule has 0 aliphatic rings. The summed E-state index contributed by atoms with van der Waals surface area (Å²) in [5.74, 6) is 0. The Morgan fingerprint density at radius 1 is 0.391 bits per heavy atom. The largest absolute Gasteiger partial charge is 1.00 e. The van der Waals surface area contributed by atoms with E-state index in [9.17, 15) is 0 Å². The summed E-state index contributed by atoms with van der Waals surface area (Å²) in [6.07, 6.45) is 18.4. The van der Waals surface area contributed by atoms with Gasteiger partial charge in [0.15, 0.2) is 0 Å². The lowest BCUT2D eigenvalue weighted by Gasteiger charge is -2.39. The average molecular weight is 348 g/mol. The number of hydrogen-bond acceptors (Lipinski definition) is 0. The molecule has 0 aromatic carbocycles. The van der Waals surface area contributed by atoms with Gasteiger partial charge in [-0.05, 0) is 44.9 Å². The maximum absolute atomic E-state index is 2.39. The molecule has 0 radical (unpaired) electrons. The average Bonchev–Trinajstić information content (AvgIpc) is 2.53. The van der Waals surface area contributed by atoms with Gasteiger partial charge in [-0.15, -0.1) is 0 Å². The highest BCUT2D eigenvalue weighted by molar-refractivity contribution is 4.51. The van der Waals surface area contributed by atoms with Crippen LogP contribution in [0.3, 0.4) is 0 Å². The minimum absolute atomic E-state index is 0. The summed E-state index contributed by atoms with van der Waals surface area (Å²) in [6.45, 7) is 15.1. The van der Waals surface area contributed by atoms with Crippen molar-refractivity contribution in [1.82, 2.24) is 0 Å². The van der Waals surface area contributed by atoms with Crippen LogP contribution < -0.4 is 12.4 Å². The first kappa shape index (κ1) is 25.5. The first-order valence-corrected chi connectivity index (χ1v) is 10.6. The zero-order valence-corrected chi connectivity index (χ0v) is 17.6. The second kappa shape index (κ2) is 18.6. The van der Waals surface area contributed by atoms with E-state index in [1.165, 1.54) is 114 Å². The van der Waals surface area contributed by atoms with Gasteiger partial charge in [0.25, 0.3) is 0 Å². The lowest BCUT2D eigenvalue weighted by atomic mass is 10.1. The van der Waals surface area contributed by atoms with Crippen molar-refractivity contribution >= 4 is 0 Å². The molecule has 0 aromatic rings. The minimum atomic E-state index is 0. The van der Waals surface area contributed by atoms with Crippen molar-refractivity contribution in [1.29, 1.82) is 0 Å². The molecule has 0 spiro atoms. The normalized spacial score (nSPS) is 11.5. The molecule has 0 atom stereocenters. The second-order valence-corrected chi connectivity index (χ2v) is 7.42. The van der Waals surface area contributed by atoms with E-state index in [2.05, 4.69) is 27.7 Å². The molecule has 0 aliphatic carbocycles. The van der Waals surface area contributed by atoms with Gasteiger partial charge in [-0.3, -0.25) is 0 Å². The van der Waals surface area contributed by atoms with Crippen LogP contribution in [-0.2, 0) is 0 Å². The van der Waals surface area contributed by atoms with E-state index >= 15 is 0 Å². The van der Waals surface area contributed by atoms with E-state index < -0.39 is 0 Å². The molecule has 23 heavy (non-hydrogen) atoms. The summed E-state index contributed by atoms with van der Waals surface area (Å²) in [5.41, 5.74) is 0. The van der Waals surface area contributed by atoms with E-state index in [0.29, 0.717) is 0 Å². The maximum Gasteiger partial charge on any atom is 0.0786 e. The summed E-state index contributed by atoms with van der Waals surface area (Å²) >= 11 is 0. The van der Waals surface area contributed by atoms with Crippen LogP contribution in [0.1, 0.15) is 111 Å². The highest BCUT2D eigenvalue weighted by Crippen LogP contribution is 2.18. The van der Waals surface area contributed by atoms with E-state index in [1.54, 1.807) is 0 Å². The summed E-state index contributed by atoms with van der Waals surface area (Å²) in [5, 5.41) is 0. The Morgan fingerprint density at radius 3 is 1.00 bits per heavy atom. The summed E-state index contributed by atoms with van der Waals surface area (Å²) in [6, 6.07) is 0. The lowest BCUT2D eigenvalue weighted by molar-refractivity contribution is -0.929. The molecule has 0 unspecified atom stereocenters. The van der Waals surface area contributed by atoms with Crippen LogP contribution in [0.2, 0.25) is 0 Å². The van der Waals surface area contributed by atoms with Gasteiger partial charge in [0.1, 0.15) is 0 Å². The Bertz CT molecular complexity index is 187. The number of unbranched alkanes of at least 4 members (excludes halogenated alkanes) is 9. The number of halogens is 1. The number of quaternary nitrogens is 1. The Hall–Kier alpha value is 0.250. The molecule has 2 heteroatoms. The van der Waals surface area contributed by atoms with Crippen LogP contribution in [0, 0.1) is 0 Å². The van der Waals surface area contributed by atoms with Crippen molar-refractivity contribution in [2.75, 3.05) is 26.2 Å². The van der Waals surface area contributed by atoms with Gasteiger partial charge in [0, 0.05) is 0 Å².